The van der Waals surface area contributed by atoms with Crippen LogP contribution in [-0.4, -0.2) is 62.5 Å². The molecule has 0 N–H and O–H groups in total. The van der Waals surface area contributed by atoms with Gasteiger partial charge in [-0.25, -0.2) is 15.0 Å². The van der Waals surface area contributed by atoms with Crippen LogP contribution in [0.5, 0.6) is 0 Å². The number of pyridine rings is 1. The number of benzene rings is 2. The summed E-state index contributed by atoms with van der Waals surface area (Å²) in [5.41, 5.74) is 6.85. The smallest absolute Gasteiger partial charge is 0.242 e. The molecule has 2 aliphatic heterocycles. The first-order valence-corrected chi connectivity index (χ1v) is 14.6. The molecule has 202 valence electrons. The Hall–Kier alpha value is -4.24. The zero-order chi connectivity index (χ0) is 27.1. The molecule has 1 amide bonds. The van der Waals surface area contributed by atoms with Gasteiger partial charge >= 0.3 is 0 Å². The lowest BCUT2D eigenvalue weighted by Gasteiger charge is -2.42. The van der Waals surface area contributed by atoms with Crippen LogP contribution >= 0.6 is 11.3 Å². The number of imidazole rings is 1. The molecule has 1 saturated heterocycles. The van der Waals surface area contributed by atoms with E-state index in [9.17, 15) is 4.79 Å². The number of aromatic nitrogens is 4. The molecule has 0 spiro atoms. The zero-order valence-electron chi connectivity index (χ0n) is 22.5. The number of fused-ring (bicyclic) bond motifs is 2. The van der Waals surface area contributed by atoms with Gasteiger partial charge in [0.1, 0.15) is 12.1 Å². The molecule has 1 fully saturated rings. The second-order valence-corrected chi connectivity index (χ2v) is 11.6. The number of hydrogen-bond acceptors (Lipinski definition) is 7. The van der Waals surface area contributed by atoms with Crippen molar-refractivity contribution >= 4 is 39.2 Å². The summed E-state index contributed by atoms with van der Waals surface area (Å²) >= 11 is 1.76. The van der Waals surface area contributed by atoms with Crippen molar-refractivity contribution in [2.24, 2.45) is 0 Å². The van der Waals surface area contributed by atoms with E-state index in [4.69, 9.17) is 4.98 Å². The molecule has 0 aliphatic carbocycles. The Morgan fingerprint density at radius 1 is 0.950 bits per heavy atom. The predicted octanol–water partition coefficient (Wildman–Crippen LogP) is 4.85. The monoisotopic (exact) mass is 549 g/mol. The van der Waals surface area contributed by atoms with Crippen LogP contribution in [0.2, 0.25) is 0 Å². The van der Waals surface area contributed by atoms with Crippen LogP contribution < -0.4 is 9.80 Å². The van der Waals surface area contributed by atoms with Crippen molar-refractivity contribution in [3.05, 3.63) is 90.5 Å². The van der Waals surface area contributed by atoms with Crippen LogP contribution in [0.1, 0.15) is 18.1 Å². The van der Waals surface area contributed by atoms with Gasteiger partial charge in [0, 0.05) is 56.8 Å². The fourth-order valence-corrected chi connectivity index (χ4v) is 6.91. The minimum atomic E-state index is 0.104. The largest absolute Gasteiger partial charge is 0.367 e. The second kappa shape index (κ2) is 10.4. The fraction of sp³-hybridized carbons (Fsp3) is 0.290. The molecule has 2 aliphatic rings. The summed E-state index contributed by atoms with van der Waals surface area (Å²) in [4.78, 5) is 35.0. The highest BCUT2D eigenvalue weighted by Crippen LogP contribution is 2.36. The van der Waals surface area contributed by atoms with Crippen molar-refractivity contribution in [2.45, 2.75) is 32.5 Å². The third-order valence-electron chi connectivity index (χ3n) is 8.04. The van der Waals surface area contributed by atoms with Crippen molar-refractivity contribution in [1.29, 1.82) is 0 Å². The summed E-state index contributed by atoms with van der Waals surface area (Å²) in [6, 6.07) is 21.0. The number of nitrogens with zero attached hydrogens (tertiary/aromatic N) is 7. The Balaban J connectivity index is 1.06. The number of anilines is 2. The van der Waals surface area contributed by atoms with Crippen molar-refractivity contribution in [3.8, 4) is 10.4 Å². The van der Waals surface area contributed by atoms with E-state index < -0.39 is 0 Å². The Morgan fingerprint density at radius 3 is 2.73 bits per heavy atom. The molecule has 7 rings (SSSR count). The molecule has 0 saturated carbocycles. The molecular weight excluding hydrogens is 518 g/mol. The van der Waals surface area contributed by atoms with Gasteiger partial charge in [0.05, 0.1) is 11.2 Å². The Kier molecular flexibility index (Phi) is 6.43. The number of carbonyl (C=O) groups excluding carboxylic acids is 1. The SMILES string of the molecule is CC1CN(c2cccc3c2CN(c2ncc(-c4ccccc4)s2)CC3)CCN1C(=O)Cn1cnc2cccnc21. The van der Waals surface area contributed by atoms with E-state index in [1.165, 1.54) is 27.3 Å². The standard InChI is InChI=1S/C31H31N7OS/c1-22-18-35(15-16-38(22)29(39)20-37-21-34-26-10-6-13-32-30(26)37)27-11-5-9-23-12-14-36(19-25(23)27)31-33-17-28(40-31)24-7-3-2-4-8-24/h2-11,13,17,21-22H,12,14-16,18-20H2,1H3. The van der Waals surface area contributed by atoms with Crippen LogP contribution in [-0.2, 0) is 24.3 Å². The third-order valence-corrected chi connectivity index (χ3v) is 9.15. The first kappa shape index (κ1) is 24.8. The number of hydrogen-bond donors (Lipinski definition) is 0. The van der Waals surface area contributed by atoms with Gasteiger partial charge in [-0.3, -0.25) is 4.79 Å². The quantitative estimate of drug-likeness (QED) is 0.312. The van der Waals surface area contributed by atoms with Crippen molar-refractivity contribution in [1.82, 2.24) is 24.4 Å². The Bertz CT molecular complexity index is 1660. The highest BCUT2D eigenvalue weighted by molar-refractivity contribution is 7.18. The summed E-state index contributed by atoms with van der Waals surface area (Å²) in [6.45, 7) is 6.53. The molecule has 5 aromatic rings. The summed E-state index contributed by atoms with van der Waals surface area (Å²) < 4.78 is 1.85. The van der Waals surface area contributed by atoms with Gasteiger partial charge in [-0.2, -0.15) is 0 Å². The van der Waals surface area contributed by atoms with E-state index in [0.717, 1.165) is 48.9 Å². The van der Waals surface area contributed by atoms with Crippen molar-refractivity contribution < 1.29 is 4.79 Å². The Morgan fingerprint density at radius 2 is 1.85 bits per heavy atom. The summed E-state index contributed by atoms with van der Waals surface area (Å²) in [7, 11) is 0. The molecule has 9 heteroatoms. The molecule has 1 unspecified atom stereocenters. The van der Waals surface area contributed by atoms with Crippen LogP contribution in [0.3, 0.4) is 0 Å². The number of thiazole rings is 1. The van der Waals surface area contributed by atoms with E-state index in [1.807, 2.05) is 33.9 Å². The summed E-state index contributed by atoms with van der Waals surface area (Å²) in [5, 5.41) is 1.07. The molecule has 1 atom stereocenters. The van der Waals surface area contributed by atoms with Crippen molar-refractivity contribution in [3.63, 3.8) is 0 Å². The maximum absolute atomic E-state index is 13.3. The molecule has 3 aromatic heterocycles. The maximum atomic E-state index is 13.3. The van der Waals surface area contributed by atoms with Gasteiger partial charge in [0.25, 0.3) is 0 Å². The van der Waals surface area contributed by atoms with E-state index >= 15 is 0 Å². The fourth-order valence-electron chi connectivity index (χ4n) is 5.97. The number of piperazine rings is 1. The van der Waals surface area contributed by atoms with Crippen LogP contribution in [0.4, 0.5) is 10.8 Å². The zero-order valence-corrected chi connectivity index (χ0v) is 23.3. The van der Waals surface area contributed by atoms with Gasteiger partial charge in [-0.1, -0.05) is 53.8 Å². The first-order chi connectivity index (χ1) is 19.6. The third kappa shape index (κ3) is 4.60. The predicted molar refractivity (Wildman–Crippen MR) is 160 cm³/mol. The van der Waals surface area contributed by atoms with Gasteiger partial charge < -0.3 is 19.3 Å². The van der Waals surface area contributed by atoms with E-state index in [2.05, 4.69) is 69.2 Å². The van der Waals surface area contributed by atoms with Crippen LogP contribution in [0, 0.1) is 0 Å². The maximum Gasteiger partial charge on any atom is 0.242 e. The minimum Gasteiger partial charge on any atom is -0.367 e. The van der Waals surface area contributed by atoms with Crippen molar-refractivity contribution in [2.75, 3.05) is 36.0 Å². The molecule has 8 nitrogen and oxygen atoms in total. The summed E-state index contributed by atoms with van der Waals surface area (Å²) in [5.74, 6) is 0.108. The second-order valence-electron chi connectivity index (χ2n) is 10.6. The average molecular weight is 550 g/mol. The number of carbonyl (C=O) groups is 1. The molecular formula is C31H31N7OS. The molecule has 40 heavy (non-hydrogen) atoms. The van der Waals surface area contributed by atoms with E-state index in [1.54, 1.807) is 23.9 Å². The lowest BCUT2D eigenvalue weighted by atomic mass is 9.97. The van der Waals surface area contributed by atoms with Gasteiger partial charge in [0.15, 0.2) is 10.8 Å². The van der Waals surface area contributed by atoms with Gasteiger partial charge in [-0.15, -0.1) is 0 Å². The molecule has 0 radical (unpaired) electrons. The highest BCUT2D eigenvalue weighted by atomic mass is 32.1. The highest BCUT2D eigenvalue weighted by Gasteiger charge is 2.30. The molecule has 0 bridgehead atoms. The minimum absolute atomic E-state index is 0.104. The number of amides is 1. The normalized spacial score (nSPS) is 17.3. The Labute approximate surface area is 237 Å². The lowest BCUT2D eigenvalue weighted by Crippen LogP contribution is -2.55. The lowest BCUT2D eigenvalue weighted by molar-refractivity contribution is -0.134. The first-order valence-electron chi connectivity index (χ1n) is 13.8. The van der Waals surface area contributed by atoms with Crippen LogP contribution in [0.15, 0.2) is 79.4 Å². The van der Waals surface area contributed by atoms with Gasteiger partial charge in [0.2, 0.25) is 5.91 Å². The summed E-state index contributed by atoms with van der Waals surface area (Å²) in [6.07, 6.45) is 6.45. The van der Waals surface area contributed by atoms with Crippen LogP contribution in [0.25, 0.3) is 21.6 Å². The van der Waals surface area contributed by atoms with Gasteiger partial charge in [-0.05, 0) is 48.2 Å². The topological polar surface area (TPSA) is 70.4 Å². The molecule has 2 aromatic carbocycles. The average Bonchev–Trinajstić information content (AvgIpc) is 3.65. The molecule has 5 heterocycles. The van der Waals surface area contributed by atoms with E-state index in [0.29, 0.717) is 6.54 Å². The van der Waals surface area contributed by atoms with E-state index in [-0.39, 0.29) is 18.5 Å². The number of rotatable bonds is 5.